The Bertz CT molecular complexity index is 2700. The van der Waals surface area contributed by atoms with E-state index in [1.165, 1.54) is 88.4 Å². The quantitative estimate of drug-likeness (QED) is 0.191. The van der Waals surface area contributed by atoms with E-state index in [0.717, 1.165) is 0 Å². The van der Waals surface area contributed by atoms with Crippen LogP contribution in [0.1, 0.15) is 25.0 Å². The lowest BCUT2D eigenvalue weighted by Gasteiger charge is -2.21. The summed E-state index contributed by atoms with van der Waals surface area (Å²) in [7, 11) is 0. The molecule has 0 bridgehead atoms. The molecule has 9 aromatic rings. The highest BCUT2D eigenvalue weighted by Crippen LogP contribution is 2.52. The number of benzene rings is 7. The third kappa shape index (κ3) is 3.56. The predicted octanol–water partition coefficient (Wildman–Crippen LogP) is 11.9. The van der Waals surface area contributed by atoms with E-state index in [-0.39, 0.29) is 5.41 Å². The number of nitrogens with zero attached hydrogens (tertiary/aromatic N) is 2. The Balaban J connectivity index is 1.32. The summed E-state index contributed by atoms with van der Waals surface area (Å²) in [5, 5.41) is 5.14. The summed E-state index contributed by atoms with van der Waals surface area (Å²) in [6.45, 7) is 4.72. The third-order valence-corrected chi connectivity index (χ3v) is 10.5. The largest absolute Gasteiger partial charge is 0.309 e. The van der Waals surface area contributed by atoms with Crippen molar-refractivity contribution in [3.63, 3.8) is 0 Å². The molecule has 10 rings (SSSR count). The van der Waals surface area contributed by atoms with E-state index in [1.807, 2.05) is 0 Å². The van der Waals surface area contributed by atoms with E-state index < -0.39 is 0 Å². The number of hydrogen-bond acceptors (Lipinski definition) is 0. The Hall–Kier alpha value is -5.86. The van der Waals surface area contributed by atoms with Gasteiger partial charge in [-0.05, 0) is 70.3 Å². The van der Waals surface area contributed by atoms with Crippen molar-refractivity contribution < 1.29 is 0 Å². The van der Waals surface area contributed by atoms with Gasteiger partial charge in [-0.25, -0.2) is 0 Å². The van der Waals surface area contributed by atoms with Gasteiger partial charge in [-0.1, -0.05) is 129 Å². The molecule has 0 fully saturated rings. The van der Waals surface area contributed by atoms with Crippen LogP contribution < -0.4 is 0 Å². The molecular weight excluding hydrogens is 569 g/mol. The zero-order valence-corrected chi connectivity index (χ0v) is 26.4. The molecule has 2 aromatic heterocycles. The maximum absolute atomic E-state index is 2.52. The Kier molecular flexibility index (Phi) is 5.37. The van der Waals surface area contributed by atoms with Crippen LogP contribution in [-0.4, -0.2) is 9.13 Å². The van der Waals surface area contributed by atoms with Gasteiger partial charge in [0.25, 0.3) is 0 Å². The minimum absolute atomic E-state index is 0.0598. The van der Waals surface area contributed by atoms with Gasteiger partial charge in [-0.15, -0.1) is 0 Å². The van der Waals surface area contributed by atoms with Crippen LogP contribution in [0.2, 0.25) is 0 Å². The zero-order chi connectivity index (χ0) is 31.3. The average molecular weight is 601 g/mol. The lowest BCUT2D eigenvalue weighted by molar-refractivity contribution is 0.660. The number of hydrogen-bond donors (Lipinski definition) is 0. The van der Waals surface area contributed by atoms with Crippen molar-refractivity contribution in [1.82, 2.24) is 9.13 Å². The molecule has 7 aromatic carbocycles. The number of fused-ring (bicyclic) bond motifs is 10. The van der Waals surface area contributed by atoms with E-state index >= 15 is 0 Å². The summed E-state index contributed by atoms with van der Waals surface area (Å²) >= 11 is 0. The van der Waals surface area contributed by atoms with Gasteiger partial charge in [0.05, 0.1) is 27.8 Å². The molecule has 0 saturated heterocycles. The molecule has 2 heterocycles. The van der Waals surface area contributed by atoms with Crippen LogP contribution in [0.3, 0.4) is 0 Å². The molecule has 47 heavy (non-hydrogen) atoms. The first-order valence-electron chi connectivity index (χ1n) is 16.5. The summed E-state index contributed by atoms with van der Waals surface area (Å²) < 4.78 is 4.96. The molecule has 0 amide bonds. The van der Waals surface area contributed by atoms with E-state index in [0.29, 0.717) is 0 Å². The van der Waals surface area contributed by atoms with Gasteiger partial charge in [0.15, 0.2) is 0 Å². The second-order valence-corrected chi connectivity index (χ2v) is 13.3. The highest BCUT2D eigenvalue weighted by Gasteiger charge is 2.37. The Morgan fingerprint density at radius 3 is 1.77 bits per heavy atom. The van der Waals surface area contributed by atoms with Gasteiger partial charge >= 0.3 is 0 Å². The maximum Gasteiger partial charge on any atom is 0.0549 e. The number of aromatic nitrogens is 2. The van der Waals surface area contributed by atoms with Crippen LogP contribution in [0.15, 0.2) is 158 Å². The van der Waals surface area contributed by atoms with E-state index in [9.17, 15) is 0 Å². The molecule has 0 N–H and O–H groups in total. The summed E-state index contributed by atoms with van der Waals surface area (Å²) in [6, 6.07) is 57.9. The smallest absolute Gasteiger partial charge is 0.0549 e. The fourth-order valence-corrected chi connectivity index (χ4v) is 8.43. The Morgan fingerprint density at radius 2 is 1.00 bits per heavy atom. The van der Waals surface area contributed by atoms with Crippen LogP contribution in [0.25, 0.3) is 77.2 Å². The monoisotopic (exact) mass is 600 g/mol. The van der Waals surface area contributed by atoms with Gasteiger partial charge in [0.1, 0.15) is 0 Å². The Morgan fingerprint density at radius 1 is 0.426 bits per heavy atom. The molecule has 0 radical (unpaired) electrons. The van der Waals surface area contributed by atoms with Crippen molar-refractivity contribution in [1.29, 1.82) is 0 Å². The minimum atomic E-state index is -0.0598. The highest BCUT2D eigenvalue weighted by molar-refractivity contribution is 6.29. The SMILES string of the molecule is CC1(C)c2ccccc2-c2c(-n3c4ccccc4c4c5c6ccccc6n(-c6cccc(-c7ccccc7)c6)c5ccc43)cccc21. The van der Waals surface area contributed by atoms with Crippen molar-refractivity contribution in [2.45, 2.75) is 19.3 Å². The normalized spacial score (nSPS) is 13.5. The fourth-order valence-electron chi connectivity index (χ4n) is 8.43. The van der Waals surface area contributed by atoms with Crippen molar-refractivity contribution in [2.75, 3.05) is 0 Å². The second kappa shape index (κ2) is 9.57. The Labute approximate surface area is 273 Å². The lowest BCUT2D eigenvalue weighted by atomic mass is 9.82. The first kappa shape index (κ1) is 26.4. The second-order valence-electron chi connectivity index (χ2n) is 13.3. The van der Waals surface area contributed by atoms with Gasteiger partial charge in [0.2, 0.25) is 0 Å². The lowest BCUT2D eigenvalue weighted by Crippen LogP contribution is -2.14. The van der Waals surface area contributed by atoms with Crippen LogP contribution in [0.4, 0.5) is 0 Å². The van der Waals surface area contributed by atoms with Gasteiger partial charge in [0, 0.05) is 38.2 Å². The van der Waals surface area contributed by atoms with Crippen molar-refractivity contribution in [2.24, 2.45) is 0 Å². The minimum Gasteiger partial charge on any atom is -0.309 e. The summed E-state index contributed by atoms with van der Waals surface area (Å²) in [4.78, 5) is 0. The van der Waals surface area contributed by atoms with Gasteiger partial charge in [-0.2, -0.15) is 0 Å². The predicted molar refractivity (Wildman–Crippen MR) is 198 cm³/mol. The molecule has 0 aliphatic heterocycles. The van der Waals surface area contributed by atoms with Gasteiger partial charge < -0.3 is 9.13 Å². The first-order valence-corrected chi connectivity index (χ1v) is 16.5. The molecule has 0 saturated carbocycles. The third-order valence-electron chi connectivity index (χ3n) is 10.5. The van der Waals surface area contributed by atoms with Crippen LogP contribution >= 0.6 is 0 Å². The van der Waals surface area contributed by atoms with Crippen molar-refractivity contribution >= 4 is 43.6 Å². The number of para-hydroxylation sites is 2. The van der Waals surface area contributed by atoms with Gasteiger partial charge in [-0.3, -0.25) is 0 Å². The molecule has 222 valence electrons. The van der Waals surface area contributed by atoms with E-state index in [1.54, 1.807) is 0 Å². The van der Waals surface area contributed by atoms with Crippen LogP contribution in [0.5, 0.6) is 0 Å². The standard InChI is InChI=1S/C45H32N2/c1-45(2)35-21-9-6-18-32(35)42-36(45)22-13-25-39(42)47-38-24-11-8-20-34(38)44-41(47)27-26-40-43(44)33-19-7-10-23-37(33)46(40)31-17-12-16-30(28-31)29-14-4-3-5-15-29/h3-28H,1-2H3. The molecule has 2 nitrogen and oxygen atoms in total. The summed E-state index contributed by atoms with van der Waals surface area (Å²) in [5.41, 5.74) is 15.1. The van der Waals surface area contributed by atoms with E-state index in [4.69, 9.17) is 0 Å². The summed E-state index contributed by atoms with van der Waals surface area (Å²) in [5.74, 6) is 0. The highest BCUT2D eigenvalue weighted by atomic mass is 15.0. The van der Waals surface area contributed by atoms with Crippen LogP contribution in [-0.2, 0) is 5.41 Å². The first-order chi connectivity index (χ1) is 23.1. The molecular formula is C45H32N2. The zero-order valence-electron chi connectivity index (χ0n) is 26.4. The molecule has 0 atom stereocenters. The van der Waals surface area contributed by atoms with Crippen LogP contribution in [0, 0.1) is 0 Å². The summed E-state index contributed by atoms with van der Waals surface area (Å²) in [6.07, 6.45) is 0. The molecule has 0 unspecified atom stereocenters. The molecule has 2 heteroatoms. The average Bonchev–Trinajstić information content (AvgIpc) is 3.72. The maximum atomic E-state index is 2.52. The van der Waals surface area contributed by atoms with Crippen molar-refractivity contribution in [3.8, 4) is 33.6 Å². The molecule has 1 aliphatic carbocycles. The fraction of sp³-hybridized carbons (Fsp3) is 0.0667. The molecule has 0 spiro atoms. The van der Waals surface area contributed by atoms with Crippen molar-refractivity contribution in [3.05, 3.63) is 169 Å². The molecule has 1 aliphatic rings. The number of rotatable bonds is 3. The topological polar surface area (TPSA) is 9.86 Å². The van der Waals surface area contributed by atoms with E-state index in [2.05, 4.69) is 181 Å².